The van der Waals surface area contributed by atoms with E-state index in [1.165, 1.54) is 12.1 Å². The Hall–Kier alpha value is -5.36. The Morgan fingerprint density at radius 1 is 0.431 bits per heavy atom. The van der Waals surface area contributed by atoms with E-state index in [4.69, 9.17) is 0 Å². The summed E-state index contributed by atoms with van der Waals surface area (Å²) >= 11 is 0. The lowest BCUT2D eigenvalue weighted by Crippen LogP contribution is -2.16. The number of benzene rings is 6. The van der Waals surface area contributed by atoms with Gasteiger partial charge in [-0.25, -0.2) is 4.39 Å². The highest BCUT2D eigenvalue weighted by atomic mass is 19.4. The van der Waals surface area contributed by atoms with Gasteiger partial charge in [-0.05, 0) is 93.7 Å². The molecule has 8 aromatic rings. The van der Waals surface area contributed by atoms with E-state index in [9.17, 15) is 4.39 Å². The van der Waals surface area contributed by atoms with E-state index in [2.05, 4.69) is 53.7 Å². The van der Waals surface area contributed by atoms with Crippen molar-refractivity contribution in [1.29, 1.82) is 0 Å². The first kappa shape index (κ1) is 32.8. The Morgan fingerprint density at radius 3 is 1.25 bits per heavy atom. The maximum atomic E-state index is 16.0. The highest BCUT2D eigenvalue weighted by Gasteiger charge is 2.39. The molecule has 8 rings (SSSR count). The van der Waals surface area contributed by atoms with Crippen LogP contribution in [0.4, 0.5) is 17.6 Å². The Kier molecular flexibility index (Phi) is 7.29. The fraction of sp³-hybridized carbons (Fsp3) is 0.200. The lowest BCUT2D eigenvalue weighted by molar-refractivity contribution is -0.137. The van der Waals surface area contributed by atoms with Crippen LogP contribution in [-0.2, 0) is 17.0 Å². The van der Waals surface area contributed by atoms with Gasteiger partial charge < -0.3 is 9.13 Å². The molecule has 0 saturated carbocycles. The molecular formula is C45H38F4N2. The van der Waals surface area contributed by atoms with Crippen molar-refractivity contribution >= 4 is 43.6 Å². The summed E-state index contributed by atoms with van der Waals surface area (Å²) in [6, 6.07) is 36.5. The van der Waals surface area contributed by atoms with Gasteiger partial charge in [0.1, 0.15) is 11.4 Å². The maximum absolute atomic E-state index is 16.0. The summed E-state index contributed by atoms with van der Waals surface area (Å²) in [4.78, 5) is 0. The van der Waals surface area contributed by atoms with Crippen molar-refractivity contribution in [2.45, 2.75) is 58.5 Å². The second-order valence-electron chi connectivity index (χ2n) is 15.6. The molecule has 0 amide bonds. The Bertz CT molecular complexity index is 2490. The number of halogens is 4. The van der Waals surface area contributed by atoms with Crippen LogP contribution in [0.1, 0.15) is 58.2 Å². The molecule has 0 bridgehead atoms. The van der Waals surface area contributed by atoms with E-state index in [1.54, 1.807) is 33.4 Å². The van der Waals surface area contributed by atoms with Crippen LogP contribution in [0.3, 0.4) is 0 Å². The molecule has 0 spiro atoms. The molecule has 6 aromatic carbocycles. The second-order valence-corrected chi connectivity index (χ2v) is 15.6. The van der Waals surface area contributed by atoms with Crippen molar-refractivity contribution in [3.8, 4) is 22.5 Å². The molecule has 0 N–H and O–H groups in total. The highest BCUT2D eigenvalue weighted by Crippen LogP contribution is 2.46. The van der Waals surface area contributed by atoms with Gasteiger partial charge in [0, 0.05) is 21.5 Å². The van der Waals surface area contributed by atoms with Gasteiger partial charge in [-0.15, -0.1) is 0 Å². The number of para-hydroxylation sites is 2. The molecule has 0 aliphatic rings. The van der Waals surface area contributed by atoms with Gasteiger partial charge >= 0.3 is 6.18 Å². The van der Waals surface area contributed by atoms with Gasteiger partial charge in [-0.3, -0.25) is 0 Å². The van der Waals surface area contributed by atoms with Crippen molar-refractivity contribution in [2.75, 3.05) is 0 Å². The van der Waals surface area contributed by atoms with Crippen LogP contribution >= 0.6 is 0 Å². The normalized spacial score (nSPS) is 12.9. The van der Waals surface area contributed by atoms with E-state index in [0.29, 0.717) is 33.2 Å². The minimum absolute atomic E-state index is 0.00581. The highest BCUT2D eigenvalue weighted by molar-refractivity contribution is 6.11. The summed E-state index contributed by atoms with van der Waals surface area (Å²) in [5.41, 5.74) is 4.97. The largest absolute Gasteiger partial charge is 0.420 e. The van der Waals surface area contributed by atoms with Crippen LogP contribution < -0.4 is 0 Å². The van der Waals surface area contributed by atoms with E-state index < -0.39 is 17.6 Å². The van der Waals surface area contributed by atoms with Crippen LogP contribution in [-0.4, -0.2) is 9.13 Å². The van der Waals surface area contributed by atoms with Gasteiger partial charge in [0.2, 0.25) is 0 Å². The number of hydrogen-bond acceptors (Lipinski definition) is 0. The number of aromatic nitrogens is 2. The Labute approximate surface area is 294 Å². The van der Waals surface area contributed by atoms with Crippen LogP contribution in [0.5, 0.6) is 0 Å². The predicted octanol–water partition coefficient (Wildman–Crippen LogP) is 13.3. The number of nitrogens with zero attached hydrogens (tertiary/aromatic N) is 2. The molecule has 0 unspecified atom stereocenters. The summed E-state index contributed by atoms with van der Waals surface area (Å²) < 4.78 is 65.8. The van der Waals surface area contributed by atoms with Crippen molar-refractivity contribution < 1.29 is 17.6 Å². The van der Waals surface area contributed by atoms with Gasteiger partial charge in [-0.1, -0.05) is 102 Å². The first-order valence-electron chi connectivity index (χ1n) is 17.2. The average Bonchev–Trinajstić information content (AvgIpc) is 3.59. The number of fused-ring (bicyclic) bond motifs is 6. The lowest BCUT2D eigenvalue weighted by Gasteiger charge is -2.23. The fourth-order valence-corrected chi connectivity index (χ4v) is 7.46. The molecule has 0 atom stereocenters. The zero-order valence-corrected chi connectivity index (χ0v) is 29.5. The van der Waals surface area contributed by atoms with Crippen molar-refractivity contribution in [3.63, 3.8) is 0 Å². The molecule has 0 radical (unpaired) electrons. The molecule has 6 heteroatoms. The first-order valence-corrected chi connectivity index (χ1v) is 17.2. The zero-order valence-electron chi connectivity index (χ0n) is 29.5. The summed E-state index contributed by atoms with van der Waals surface area (Å²) in [5.74, 6) is -0.416. The molecule has 256 valence electrons. The third-order valence-corrected chi connectivity index (χ3v) is 10.1. The minimum Gasteiger partial charge on any atom is -0.309 e. The second kappa shape index (κ2) is 11.3. The lowest BCUT2D eigenvalue weighted by atomic mass is 9.86. The van der Waals surface area contributed by atoms with Gasteiger partial charge in [-0.2, -0.15) is 13.2 Å². The zero-order chi connectivity index (χ0) is 36.0. The topological polar surface area (TPSA) is 9.86 Å². The molecule has 0 aliphatic heterocycles. The van der Waals surface area contributed by atoms with Crippen molar-refractivity contribution in [3.05, 3.63) is 144 Å². The van der Waals surface area contributed by atoms with Gasteiger partial charge in [0.25, 0.3) is 0 Å². The summed E-state index contributed by atoms with van der Waals surface area (Å²) in [6.07, 6.45) is -4.75. The van der Waals surface area contributed by atoms with Crippen LogP contribution in [0.25, 0.3) is 66.1 Å². The van der Waals surface area contributed by atoms with Crippen LogP contribution in [0, 0.1) is 5.82 Å². The molecule has 2 aromatic heterocycles. The summed E-state index contributed by atoms with van der Waals surface area (Å²) in [7, 11) is 0. The Morgan fingerprint density at radius 2 is 0.843 bits per heavy atom. The minimum atomic E-state index is -4.75. The molecule has 51 heavy (non-hydrogen) atoms. The predicted molar refractivity (Wildman–Crippen MR) is 203 cm³/mol. The third-order valence-electron chi connectivity index (χ3n) is 10.1. The summed E-state index contributed by atoms with van der Waals surface area (Å²) in [6.45, 7) is 12.8. The third kappa shape index (κ3) is 5.40. The van der Waals surface area contributed by atoms with Gasteiger partial charge in [0.15, 0.2) is 0 Å². The SMILES string of the molecule is CC(C)(C)c1ccc2c(c1)c1ccccc1n2-c1cc(-c2ccc(F)cc2)cc(-n2c3ccccc3c3cc(C(C)(C)C)ccc32)c1C(F)(F)F. The summed E-state index contributed by atoms with van der Waals surface area (Å²) in [5, 5.41) is 3.50. The molecule has 0 saturated heterocycles. The Balaban J connectivity index is 1.56. The van der Waals surface area contributed by atoms with Crippen LogP contribution in [0.2, 0.25) is 0 Å². The number of alkyl halides is 3. The van der Waals surface area contributed by atoms with Gasteiger partial charge in [0.05, 0.1) is 33.4 Å². The van der Waals surface area contributed by atoms with E-state index in [1.807, 2.05) is 72.8 Å². The van der Waals surface area contributed by atoms with Crippen molar-refractivity contribution in [1.82, 2.24) is 9.13 Å². The standard InChI is InChI=1S/C45H38F4N2/c1-43(2,3)29-17-21-38-34(25-29)32-11-7-9-13-36(32)50(38)40-23-28(27-15-19-31(46)20-16-27)24-41(42(40)45(47,48)49)51-37-14-10-8-12-33(37)35-26-30(44(4,5)6)18-22-39(35)51/h7-26H,1-6H3. The van der Waals surface area contributed by atoms with E-state index in [-0.39, 0.29) is 22.2 Å². The average molecular weight is 683 g/mol. The molecule has 2 heterocycles. The number of hydrogen-bond donors (Lipinski definition) is 0. The van der Waals surface area contributed by atoms with E-state index in [0.717, 1.165) is 32.7 Å². The molecule has 0 aliphatic carbocycles. The first-order chi connectivity index (χ1) is 24.1. The molecule has 0 fully saturated rings. The monoisotopic (exact) mass is 682 g/mol. The molecule has 2 nitrogen and oxygen atoms in total. The molecular weight excluding hydrogens is 645 g/mol. The van der Waals surface area contributed by atoms with Crippen molar-refractivity contribution in [2.24, 2.45) is 0 Å². The van der Waals surface area contributed by atoms with E-state index >= 15 is 13.2 Å². The quantitative estimate of drug-likeness (QED) is 0.164. The maximum Gasteiger partial charge on any atom is 0.420 e. The smallest absolute Gasteiger partial charge is 0.309 e. The number of rotatable bonds is 3. The fourth-order valence-electron chi connectivity index (χ4n) is 7.46. The van der Waals surface area contributed by atoms with Crippen LogP contribution in [0.15, 0.2) is 121 Å².